The van der Waals surface area contributed by atoms with E-state index in [1.807, 2.05) is 12.1 Å². The second-order valence-corrected chi connectivity index (χ2v) is 11.3. The van der Waals surface area contributed by atoms with E-state index in [-0.39, 0.29) is 29.2 Å². The molecule has 1 atom stereocenters. The van der Waals surface area contributed by atoms with E-state index in [2.05, 4.69) is 25.6 Å². The van der Waals surface area contributed by atoms with Crippen LogP contribution in [0.25, 0.3) is 0 Å². The second-order valence-electron chi connectivity index (χ2n) is 9.36. The van der Waals surface area contributed by atoms with Gasteiger partial charge in [0.05, 0.1) is 11.5 Å². The van der Waals surface area contributed by atoms with Crippen molar-refractivity contribution >= 4 is 33.2 Å². The Bertz CT molecular complexity index is 1480. The van der Waals surface area contributed by atoms with Crippen LogP contribution in [0, 0.1) is 11.7 Å². The van der Waals surface area contributed by atoms with E-state index >= 15 is 0 Å². The zero-order valence-corrected chi connectivity index (χ0v) is 21.9. The first kappa shape index (κ1) is 26.7. The average molecular weight is 549 g/mol. The molecule has 1 aliphatic heterocycles. The van der Waals surface area contributed by atoms with Gasteiger partial charge in [-0.25, -0.2) is 17.8 Å². The fourth-order valence-electron chi connectivity index (χ4n) is 4.80. The van der Waals surface area contributed by atoms with Crippen LogP contribution in [0.1, 0.15) is 24.3 Å². The van der Waals surface area contributed by atoms with Crippen molar-refractivity contribution < 1.29 is 17.9 Å². The Hall–Kier alpha value is -3.93. The van der Waals surface area contributed by atoms with Crippen LogP contribution in [-0.2, 0) is 10.0 Å². The molecule has 3 heterocycles. The summed E-state index contributed by atoms with van der Waals surface area (Å²) in [6.45, 7) is 0.795. The molecule has 5 rings (SSSR count). The molecule has 0 aliphatic carbocycles. The standard InChI is InChI=1S/C28H29FN6O3S/c29-22-3-5-23(6-4-22)32-27-11-15-31-28(34-27)33-24-7-9-25(10-8-24)39(37,38)35-16-12-20(13-17-35)26(19-36)21-2-1-14-30-18-21/h1-11,14-15,18,20,26,36H,12-13,16-17,19H2,(H2,31,32,33,34). The van der Waals surface area contributed by atoms with Crippen molar-refractivity contribution in [2.24, 2.45) is 5.92 Å². The largest absolute Gasteiger partial charge is 0.396 e. The van der Waals surface area contributed by atoms with E-state index in [1.54, 1.807) is 61.1 Å². The van der Waals surface area contributed by atoms with Crippen molar-refractivity contribution in [1.29, 1.82) is 0 Å². The second kappa shape index (κ2) is 11.9. The molecule has 0 bridgehead atoms. The SMILES string of the molecule is O=S(=O)(c1ccc(Nc2nccc(Nc3ccc(F)cc3)n2)cc1)N1CCC(C(CO)c2cccnc2)CC1. The number of halogens is 1. The molecule has 11 heteroatoms. The molecule has 1 saturated heterocycles. The van der Waals surface area contributed by atoms with Crippen LogP contribution in [0.3, 0.4) is 0 Å². The van der Waals surface area contributed by atoms with Crippen molar-refractivity contribution in [2.45, 2.75) is 23.7 Å². The molecule has 1 aliphatic rings. The number of aliphatic hydroxyl groups excluding tert-OH is 1. The van der Waals surface area contributed by atoms with Gasteiger partial charge in [0, 0.05) is 49.0 Å². The highest BCUT2D eigenvalue weighted by Crippen LogP contribution is 2.34. The summed E-state index contributed by atoms with van der Waals surface area (Å²) >= 11 is 0. The van der Waals surface area contributed by atoms with Crippen molar-refractivity contribution in [2.75, 3.05) is 30.3 Å². The molecular weight excluding hydrogens is 519 g/mol. The van der Waals surface area contributed by atoms with Gasteiger partial charge in [0.15, 0.2) is 0 Å². The summed E-state index contributed by atoms with van der Waals surface area (Å²) in [5, 5.41) is 16.1. The average Bonchev–Trinajstić information content (AvgIpc) is 2.96. The number of sulfonamides is 1. The lowest BCUT2D eigenvalue weighted by molar-refractivity contribution is 0.178. The van der Waals surface area contributed by atoms with Crippen LogP contribution in [0.5, 0.6) is 0 Å². The number of aromatic nitrogens is 3. The van der Waals surface area contributed by atoms with Crippen molar-refractivity contribution in [1.82, 2.24) is 19.3 Å². The molecule has 2 aromatic heterocycles. The Balaban J connectivity index is 1.20. The van der Waals surface area contributed by atoms with E-state index < -0.39 is 10.0 Å². The molecular formula is C28H29FN6O3S. The summed E-state index contributed by atoms with van der Waals surface area (Å²) in [6, 6.07) is 17.9. The van der Waals surface area contributed by atoms with E-state index in [0.717, 1.165) is 5.56 Å². The van der Waals surface area contributed by atoms with Crippen LogP contribution in [0.2, 0.25) is 0 Å². The van der Waals surface area contributed by atoms with E-state index in [1.165, 1.54) is 16.4 Å². The van der Waals surface area contributed by atoms with E-state index in [9.17, 15) is 17.9 Å². The first-order valence-corrected chi connectivity index (χ1v) is 14.1. The molecule has 4 aromatic rings. The fourth-order valence-corrected chi connectivity index (χ4v) is 6.27. The highest BCUT2D eigenvalue weighted by molar-refractivity contribution is 7.89. The number of rotatable bonds is 9. The Morgan fingerprint density at radius 2 is 1.64 bits per heavy atom. The minimum atomic E-state index is -3.65. The molecule has 0 saturated carbocycles. The lowest BCUT2D eigenvalue weighted by Crippen LogP contribution is -2.40. The minimum absolute atomic E-state index is 0.00644. The Kier molecular flexibility index (Phi) is 8.10. The number of hydrogen-bond donors (Lipinski definition) is 3. The maximum absolute atomic E-state index is 13.3. The number of hydrogen-bond acceptors (Lipinski definition) is 8. The molecule has 9 nitrogen and oxygen atoms in total. The Labute approximate surface area is 226 Å². The summed E-state index contributed by atoms with van der Waals surface area (Å²) in [7, 11) is -3.65. The minimum Gasteiger partial charge on any atom is -0.396 e. The fraction of sp³-hybridized carbons (Fsp3) is 0.250. The number of nitrogens with zero attached hydrogens (tertiary/aromatic N) is 4. The molecule has 1 unspecified atom stereocenters. The summed E-state index contributed by atoms with van der Waals surface area (Å²) in [4.78, 5) is 13.0. The summed E-state index contributed by atoms with van der Waals surface area (Å²) in [5.41, 5.74) is 2.29. The van der Waals surface area contributed by atoms with Gasteiger partial charge in [-0.3, -0.25) is 4.98 Å². The van der Waals surface area contributed by atoms with Crippen LogP contribution in [0.15, 0.2) is 90.2 Å². The third kappa shape index (κ3) is 6.39. The Morgan fingerprint density at radius 1 is 0.949 bits per heavy atom. The quantitative estimate of drug-likeness (QED) is 0.276. The molecule has 0 radical (unpaired) electrons. The molecule has 0 amide bonds. The van der Waals surface area contributed by atoms with E-state index in [4.69, 9.17) is 0 Å². The number of piperidine rings is 1. The van der Waals surface area contributed by atoms with Gasteiger partial charge in [0.25, 0.3) is 0 Å². The lowest BCUT2D eigenvalue weighted by Gasteiger charge is -2.35. The molecule has 3 N–H and O–H groups in total. The normalized spacial score (nSPS) is 15.5. The highest BCUT2D eigenvalue weighted by atomic mass is 32.2. The highest BCUT2D eigenvalue weighted by Gasteiger charge is 2.33. The van der Waals surface area contributed by atoms with Crippen molar-refractivity contribution in [3.05, 3.63) is 96.7 Å². The van der Waals surface area contributed by atoms with Gasteiger partial charge >= 0.3 is 0 Å². The topological polar surface area (TPSA) is 120 Å². The maximum atomic E-state index is 13.3. The summed E-state index contributed by atoms with van der Waals surface area (Å²) in [6.07, 6.45) is 6.38. The molecule has 0 spiro atoms. The van der Waals surface area contributed by atoms with Gasteiger partial charge in [0.1, 0.15) is 11.6 Å². The lowest BCUT2D eigenvalue weighted by atomic mass is 9.81. The Morgan fingerprint density at radius 3 is 2.31 bits per heavy atom. The third-order valence-electron chi connectivity index (χ3n) is 6.90. The van der Waals surface area contributed by atoms with Crippen molar-refractivity contribution in [3.63, 3.8) is 0 Å². The van der Waals surface area contributed by atoms with Crippen LogP contribution >= 0.6 is 0 Å². The van der Waals surface area contributed by atoms with Gasteiger partial charge in [-0.2, -0.15) is 9.29 Å². The van der Waals surface area contributed by atoms with Gasteiger partial charge in [-0.05, 0) is 85.0 Å². The maximum Gasteiger partial charge on any atom is 0.243 e. The van der Waals surface area contributed by atoms with Crippen LogP contribution in [0.4, 0.5) is 27.5 Å². The van der Waals surface area contributed by atoms with Crippen molar-refractivity contribution in [3.8, 4) is 0 Å². The molecule has 202 valence electrons. The van der Waals surface area contributed by atoms with Gasteiger partial charge in [-0.1, -0.05) is 6.07 Å². The molecule has 39 heavy (non-hydrogen) atoms. The number of aliphatic hydroxyl groups is 1. The zero-order valence-electron chi connectivity index (χ0n) is 21.1. The number of pyridine rings is 1. The van der Waals surface area contributed by atoms with E-state index in [0.29, 0.717) is 49.1 Å². The van der Waals surface area contributed by atoms with Crippen LogP contribution < -0.4 is 10.6 Å². The summed E-state index contributed by atoms with van der Waals surface area (Å²) in [5.74, 6) is 0.656. The first-order valence-electron chi connectivity index (χ1n) is 12.7. The number of anilines is 4. The summed E-state index contributed by atoms with van der Waals surface area (Å²) < 4.78 is 41.3. The molecule has 2 aromatic carbocycles. The van der Waals surface area contributed by atoms with Gasteiger partial charge in [0.2, 0.25) is 16.0 Å². The number of benzene rings is 2. The molecule has 1 fully saturated rings. The smallest absolute Gasteiger partial charge is 0.243 e. The number of nitrogens with one attached hydrogen (secondary N) is 2. The van der Waals surface area contributed by atoms with Crippen LogP contribution in [-0.4, -0.2) is 52.5 Å². The first-order chi connectivity index (χ1) is 18.9. The zero-order chi connectivity index (χ0) is 27.2. The van der Waals surface area contributed by atoms with Gasteiger partial charge in [-0.15, -0.1) is 0 Å². The third-order valence-corrected chi connectivity index (χ3v) is 8.81. The van der Waals surface area contributed by atoms with Gasteiger partial charge < -0.3 is 15.7 Å². The predicted octanol–water partition coefficient (Wildman–Crippen LogP) is 4.67. The predicted molar refractivity (Wildman–Crippen MR) is 147 cm³/mol. The monoisotopic (exact) mass is 548 g/mol.